The number of aryl methyl sites for hydroxylation is 1. The van der Waals surface area contributed by atoms with Gasteiger partial charge in [0.25, 0.3) is 0 Å². The predicted octanol–water partition coefficient (Wildman–Crippen LogP) is 6.27. The van der Waals surface area contributed by atoms with Crippen LogP contribution in [0, 0.1) is 44.0 Å². The lowest BCUT2D eigenvalue weighted by molar-refractivity contribution is 0.572. The number of fused-ring (bicyclic) bond motifs is 3. The number of nitrogens with zero attached hydrogens (tertiary/aromatic N) is 1. The summed E-state index contributed by atoms with van der Waals surface area (Å²) in [6.45, 7) is 4.50. The normalized spacial score (nSPS) is 11.7. The summed E-state index contributed by atoms with van der Waals surface area (Å²) in [7, 11) is 0. The van der Waals surface area contributed by atoms with E-state index in [-0.39, 0.29) is 32.9 Å². The Bertz CT molecular complexity index is 1120. The van der Waals surface area contributed by atoms with Gasteiger partial charge in [0.1, 0.15) is 23.3 Å². The molecule has 0 N–H and O–H groups in total. The van der Waals surface area contributed by atoms with E-state index < -0.39 is 23.3 Å². The van der Waals surface area contributed by atoms with Crippen LogP contribution in [0.25, 0.3) is 27.5 Å². The maximum absolute atomic E-state index is 14.9. The van der Waals surface area contributed by atoms with Crippen LogP contribution >= 0.6 is 0 Å². The summed E-state index contributed by atoms with van der Waals surface area (Å²) < 4.78 is 59.7. The van der Waals surface area contributed by atoms with Gasteiger partial charge in [0.15, 0.2) is 0 Å². The van der Waals surface area contributed by atoms with Gasteiger partial charge < -0.3 is 4.57 Å². The van der Waals surface area contributed by atoms with Crippen LogP contribution in [0.4, 0.5) is 17.6 Å². The van der Waals surface area contributed by atoms with Crippen molar-refractivity contribution in [3.8, 4) is 5.69 Å². The van der Waals surface area contributed by atoms with Gasteiger partial charge in [-0.1, -0.05) is 17.7 Å². The first kappa shape index (κ1) is 16.6. The minimum Gasteiger partial charge on any atom is -0.309 e. The molecule has 0 radical (unpaired) electrons. The Balaban J connectivity index is 2.31. The molecule has 0 unspecified atom stereocenters. The highest BCUT2D eigenvalue weighted by Crippen LogP contribution is 2.38. The summed E-state index contributed by atoms with van der Waals surface area (Å²) >= 11 is 0. The van der Waals surface area contributed by atoms with E-state index in [1.54, 1.807) is 12.1 Å². The molecular weight excluding hydrogens is 342 g/mol. The van der Waals surface area contributed by atoms with Gasteiger partial charge in [0, 0.05) is 27.6 Å². The Hall–Kier alpha value is -2.82. The smallest absolute Gasteiger partial charge is 0.139 e. The Morgan fingerprint density at radius 2 is 1.08 bits per heavy atom. The van der Waals surface area contributed by atoms with Crippen molar-refractivity contribution >= 4 is 21.8 Å². The monoisotopic (exact) mass is 357 g/mol. The molecule has 0 atom stereocenters. The van der Waals surface area contributed by atoms with Crippen molar-refractivity contribution in [1.82, 2.24) is 4.57 Å². The minimum absolute atomic E-state index is 0.0416. The van der Waals surface area contributed by atoms with Gasteiger partial charge in [0.05, 0.1) is 11.0 Å². The molecular formula is C21H15F4N. The molecule has 0 aliphatic carbocycles. The summed E-state index contributed by atoms with van der Waals surface area (Å²) in [6, 6.07) is 9.49. The highest BCUT2D eigenvalue weighted by molar-refractivity contribution is 6.10. The molecule has 3 aromatic carbocycles. The maximum Gasteiger partial charge on any atom is 0.139 e. The summed E-state index contributed by atoms with van der Waals surface area (Å²) in [5.41, 5.74) is 1.50. The maximum atomic E-state index is 14.9. The summed E-state index contributed by atoms with van der Waals surface area (Å²) in [6.07, 6.45) is 0. The summed E-state index contributed by atoms with van der Waals surface area (Å²) in [5.74, 6) is -3.13. The molecule has 1 nitrogen and oxygen atoms in total. The zero-order valence-electron chi connectivity index (χ0n) is 14.4. The first-order valence-electron chi connectivity index (χ1n) is 8.15. The van der Waals surface area contributed by atoms with E-state index in [0.717, 1.165) is 5.56 Å². The number of benzene rings is 3. The van der Waals surface area contributed by atoms with Crippen molar-refractivity contribution in [1.29, 1.82) is 0 Å². The molecule has 132 valence electrons. The Morgan fingerprint density at radius 1 is 0.654 bits per heavy atom. The number of halogens is 4. The number of aromatic nitrogens is 1. The highest BCUT2D eigenvalue weighted by atomic mass is 19.1. The molecule has 0 saturated carbocycles. The van der Waals surface area contributed by atoms with E-state index in [9.17, 15) is 17.6 Å². The number of hydrogen-bond donors (Lipinski definition) is 0. The Kier molecular flexibility index (Phi) is 3.58. The lowest BCUT2D eigenvalue weighted by Gasteiger charge is -2.09. The van der Waals surface area contributed by atoms with Gasteiger partial charge in [-0.05, 0) is 45.0 Å². The van der Waals surface area contributed by atoms with Gasteiger partial charge in [-0.15, -0.1) is 0 Å². The molecule has 0 aliphatic heterocycles. The van der Waals surface area contributed by atoms with Gasteiger partial charge in [-0.2, -0.15) is 0 Å². The van der Waals surface area contributed by atoms with E-state index in [1.165, 1.54) is 30.5 Å². The fourth-order valence-corrected chi connectivity index (χ4v) is 3.34. The molecule has 0 aliphatic rings. The van der Waals surface area contributed by atoms with E-state index in [4.69, 9.17) is 0 Å². The van der Waals surface area contributed by atoms with Crippen LogP contribution in [0.1, 0.15) is 16.7 Å². The fourth-order valence-electron chi connectivity index (χ4n) is 3.34. The molecule has 0 fully saturated rings. The molecule has 4 rings (SSSR count). The molecule has 0 amide bonds. The van der Waals surface area contributed by atoms with Gasteiger partial charge in [-0.3, -0.25) is 0 Å². The van der Waals surface area contributed by atoms with Gasteiger partial charge in [0.2, 0.25) is 0 Å². The number of hydrogen-bond acceptors (Lipinski definition) is 0. The molecule has 1 aromatic heterocycles. The van der Waals surface area contributed by atoms with E-state index in [2.05, 4.69) is 0 Å². The highest BCUT2D eigenvalue weighted by Gasteiger charge is 2.24. The molecule has 0 spiro atoms. The van der Waals surface area contributed by atoms with Crippen molar-refractivity contribution in [3.05, 3.63) is 76.4 Å². The third-order valence-electron chi connectivity index (χ3n) is 4.88. The second kappa shape index (κ2) is 5.59. The van der Waals surface area contributed by atoms with Crippen LogP contribution in [-0.2, 0) is 0 Å². The summed E-state index contributed by atoms with van der Waals surface area (Å²) in [5, 5.41) is -0.0832. The van der Waals surface area contributed by atoms with Crippen molar-refractivity contribution in [2.24, 2.45) is 0 Å². The van der Waals surface area contributed by atoms with Crippen molar-refractivity contribution < 1.29 is 17.6 Å². The first-order valence-corrected chi connectivity index (χ1v) is 8.15. The first-order chi connectivity index (χ1) is 12.3. The topological polar surface area (TPSA) is 4.93 Å². The van der Waals surface area contributed by atoms with Crippen LogP contribution in [0.2, 0.25) is 0 Å². The van der Waals surface area contributed by atoms with E-state index >= 15 is 0 Å². The molecule has 4 aromatic rings. The summed E-state index contributed by atoms with van der Waals surface area (Å²) in [4.78, 5) is 0. The number of rotatable bonds is 1. The SMILES string of the molecule is Cc1ccc(-n2c3cc(F)c(C)c(F)c3c3c(F)c(C)c(F)cc32)cc1. The third kappa shape index (κ3) is 2.16. The molecule has 1 heterocycles. The lowest BCUT2D eigenvalue weighted by atomic mass is 10.1. The average molecular weight is 357 g/mol. The van der Waals surface area contributed by atoms with Crippen molar-refractivity contribution in [3.63, 3.8) is 0 Å². The standard InChI is InChI=1S/C21H15F4N/c1-10-4-6-13(7-5-10)26-16-8-14(22)11(2)20(24)18(16)19-17(26)9-15(23)12(3)21(19)25/h4-9H,1-3H3. The molecule has 0 saturated heterocycles. The predicted molar refractivity (Wildman–Crippen MR) is 94.8 cm³/mol. The van der Waals surface area contributed by atoms with Crippen molar-refractivity contribution in [2.45, 2.75) is 20.8 Å². The second-order valence-corrected chi connectivity index (χ2v) is 6.55. The molecule has 5 heteroatoms. The fraction of sp³-hybridized carbons (Fsp3) is 0.143. The Labute approximate surface area is 147 Å². The zero-order valence-corrected chi connectivity index (χ0v) is 14.4. The van der Waals surface area contributed by atoms with Crippen LogP contribution in [0.15, 0.2) is 36.4 Å². The van der Waals surface area contributed by atoms with Crippen LogP contribution in [-0.4, -0.2) is 4.57 Å². The third-order valence-corrected chi connectivity index (χ3v) is 4.88. The second-order valence-electron chi connectivity index (χ2n) is 6.55. The average Bonchev–Trinajstić information content (AvgIpc) is 2.92. The van der Waals surface area contributed by atoms with Crippen LogP contribution in [0.3, 0.4) is 0 Å². The van der Waals surface area contributed by atoms with Crippen molar-refractivity contribution in [2.75, 3.05) is 0 Å². The zero-order chi connectivity index (χ0) is 18.7. The Morgan fingerprint density at radius 3 is 1.50 bits per heavy atom. The quantitative estimate of drug-likeness (QED) is 0.354. The van der Waals surface area contributed by atoms with Gasteiger partial charge >= 0.3 is 0 Å². The molecule has 26 heavy (non-hydrogen) atoms. The van der Waals surface area contributed by atoms with E-state index in [0.29, 0.717) is 5.69 Å². The minimum atomic E-state index is -0.833. The lowest BCUT2D eigenvalue weighted by Crippen LogP contribution is -1.97. The largest absolute Gasteiger partial charge is 0.309 e. The molecule has 0 bridgehead atoms. The van der Waals surface area contributed by atoms with Gasteiger partial charge in [-0.25, -0.2) is 17.6 Å². The van der Waals surface area contributed by atoms with Crippen LogP contribution < -0.4 is 0 Å². The van der Waals surface area contributed by atoms with Crippen LogP contribution in [0.5, 0.6) is 0 Å². The van der Waals surface area contributed by atoms with E-state index in [1.807, 2.05) is 19.1 Å².